The van der Waals surface area contributed by atoms with E-state index in [9.17, 15) is 19.5 Å². The summed E-state index contributed by atoms with van der Waals surface area (Å²) in [6.45, 7) is 7.57. The minimum Gasteiger partial charge on any atom is -0.479 e. The average Bonchev–Trinajstić information content (AvgIpc) is 2.88. The lowest BCUT2D eigenvalue weighted by Crippen LogP contribution is -2.65. The van der Waals surface area contributed by atoms with E-state index in [1.807, 2.05) is 91.0 Å². The third-order valence-corrected chi connectivity index (χ3v) is 8.45. The van der Waals surface area contributed by atoms with Crippen LogP contribution in [0.25, 0.3) is 0 Å². The van der Waals surface area contributed by atoms with Gasteiger partial charge in [-0.15, -0.1) is 23.4 Å². The zero-order valence-electron chi connectivity index (χ0n) is 22.8. The molecule has 1 N–H and O–H groups in total. The summed E-state index contributed by atoms with van der Waals surface area (Å²) in [5, 5.41) is 9.52. The van der Waals surface area contributed by atoms with Crippen molar-refractivity contribution in [1.29, 1.82) is 0 Å². The molecule has 0 heterocycles. The van der Waals surface area contributed by atoms with Crippen LogP contribution in [0.4, 0.5) is 4.79 Å². The summed E-state index contributed by atoms with van der Waals surface area (Å²) in [5.41, 5.74) is -0.370. The highest BCUT2D eigenvalue weighted by molar-refractivity contribution is 8.00. The molecule has 1 unspecified atom stereocenters. The van der Waals surface area contributed by atoms with E-state index in [4.69, 9.17) is 16.3 Å². The summed E-state index contributed by atoms with van der Waals surface area (Å²) in [6, 6.07) is 29.2. The van der Waals surface area contributed by atoms with Crippen LogP contribution in [0.15, 0.2) is 91.0 Å². The van der Waals surface area contributed by atoms with E-state index in [0.29, 0.717) is 4.90 Å². The van der Waals surface area contributed by atoms with Gasteiger partial charge in [0.2, 0.25) is 5.91 Å². The summed E-state index contributed by atoms with van der Waals surface area (Å²) >= 11 is 7.93. The van der Waals surface area contributed by atoms with E-state index in [1.165, 1.54) is 18.7 Å². The lowest BCUT2D eigenvalue weighted by Gasteiger charge is -2.43. The first kappa shape index (κ1) is 30.3. The minimum absolute atomic E-state index is 0.218. The fourth-order valence-corrected chi connectivity index (χ4v) is 6.76. The number of alkyl halides is 1. The maximum absolute atomic E-state index is 13.3. The molecule has 3 aromatic rings. The molecule has 0 aliphatic rings. The molecule has 2 atom stereocenters. The maximum atomic E-state index is 13.3. The Hall–Kier alpha value is -3.29. The standard InChI is InChI=1S/C31H34ClNO5S/c1-22(32)30(27(35)36,33(23(2)34)28(37)38-29(3,4)5)21-39-31(24-15-9-6-10-16-24,25-17-11-7-12-18-25)26-19-13-8-14-20-26/h6-20,22H,21H2,1-5H3,(H,35,36)/t22?,30-/m1/s1. The van der Waals surface area contributed by atoms with Gasteiger partial charge in [-0.1, -0.05) is 91.0 Å². The number of ether oxygens (including phenoxy) is 1. The monoisotopic (exact) mass is 567 g/mol. The largest absolute Gasteiger partial charge is 0.479 e. The molecule has 2 amide bonds. The van der Waals surface area contributed by atoms with Crippen molar-refractivity contribution >= 4 is 41.3 Å². The van der Waals surface area contributed by atoms with Crippen LogP contribution in [0.1, 0.15) is 51.3 Å². The second-order valence-electron chi connectivity index (χ2n) is 10.2. The highest BCUT2D eigenvalue weighted by atomic mass is 35.5. The number of benzene rings is 3. The SMILES string of the molecule is CC(=O)N(C(=O)OC(C)(C)C)[C@@](CSC(c1ccccc1)(c1ccccc1)c1ccccc1)(C(=O)O)C(C)Cl. The number of aliphatic carboxylic acids is 1. The van der Waals surface area contributed by atoms with Gasteiger partial charge in [-0.25, -0.2) is 14.5 Å². The molecule has 0 saturated carbocycles. The predicted molar refractivity (Wildman–Crippen MR) is 156 cm³/mol. The molecule has 0 bridgehead atoms. The number of hydrogen-bond donors (Lipinski definition) is 1. The van der Waals surface area contributed by atoms with Gasteiger partial charge in [-0.2, -0.15) is 0 Å². The third kappa shape index (κ3) is 6.31. The van der Waals surface area contributed by atoms with Gasteiger partial charge in [0.15, 0.2) is 5.54 Å². The van der Waals surface area contributed by atoms with Crippen LogP contribution in [0.2, 0.25) is 0 Å². The molecule has 0 aromatic heterocycles. The topological polar surface area (TPSA) is 83.9 Å². The van der Waals surface area contributed by atoms with E-state index in [1.54, 1.807) is 20.8 Å². The number of imide groups is 1. The van der Waals surface area contributed by atoms with Crippen molar-refractivity contribution in [3.8, 4) is 0 Å². The maximum Gasteiger partial charge on any atom is 0.418 e. The third-order valence-electron chi connectivity index (χ3n) is 6.37. The van der Waals surface area contributed by atoms with Crippen molar-refractivity contribution in [2.45, 2.75) is 55.9 Å². The average molecular weight is 568 g/mol. The Bertz CT molecular complexity index is 1180. The fraction of sp³-hybridized carbons (Fsp3) is 0.323. The van der Waals surface area contributed by atoms with Crippen molar-refractivity contribution in [2.24, 2.45) is 0 Å². The first-order valence-corrected chi connectivity index (χ1v) is 14.0. The minimum atomic E-state index is -2.12. The molecule has 39 heavy (non-hydrogen) atoms. The van der Waals surface area contributed by atoms with E-state index < -0.39 is 39.2 Å². The Morgan fingerprint density at radius 3 is 1.51 bits per heavy atom. The fourth-order valence-electron chi connectivity index (χ4n) is 4.55. The summed E-state index contributed by atoms with van der Waals surface area (Å²) in [6.07, 6.45) is -1.06. The van der Waals surface area contributed by atoms with Crippen LogP contribution >= 0.6 is 23.4 Å². The van der Waals surface area contributed by atoms with Gasteiger partial charge < -0.3 is 9.84 Å². The Morgan fingerprint density at radius 2 is 1.23 bits per heavy atom. The molecule has 0 fully saturated rings. The van der Waals surface area contributed by atoms with Crippen LogP contribution < -0.4 is 0 Å². The highest BCUT2D eigenvalue weighted by Crippen LogP contribution is 2.50. The molecule has 0 radical (unpaired) electrons. The number of rotatable bonds is 9. The molecule has 0 aliphatic carbocycles. The smallest absolute Gasteiger partial charge is 0.418 e. The molecule has 0 saturated heterocycles. The van der Waals surface area contributed by atoms with Crippen molar-refractivity contribution < 1.29 is 24.2 Å². The molecule has 206 valence electrons. The van der Waals surface area contributed by atoms with Crippen molar-refractivity contribution in [1.82, 2.24) is 4.90 Å². The van der Waals surface area contributed by atoms with E-state index >= 15 is 0 Å². The summed E-state index contributed by atoms with van der Waals surface area (Å²) < 4.78 is 4.59. The van der Waals surface area contributed by atoms with Gasteiger partial charge in [-0.05, 0) is 44.4 Å². The molecular formula is C31H34ClNO5S. The van der Waals surface area contributed by atoms with E-state index in [2.05, 4.69) is 0 Å². The predicted octanol–water partition coefficient (Wildman–Crippen LogP) is 6.95. The lowest BCUT2D eigenvalue weighted by atomic mass is 9.84. The van der Waals surface area contributed by atoms with Gasteiger partial charge in [0.1, 0.15) is 5.60 Å². The second kappa shape index (κ2) is 12.3. The van der Waals surface area contributed by atoms with Crippen LogP contribution in [0, 0.1) is 0 Å². The molecule has 6 nitrogen and oxygen atoms in total. The second-order valence-corrected chi connectivity index (χ2v) is 12.1. The number of halogens is 1. The first-order valence-electron chi connectivity index (χ1n) is 12.6. The summed E-state index contributed by atoms with van der Waals surface area (Å²) in [7, 11) is 0. The van der Waals surface area contributed by atoms with Gasteiger partial charge in [0.05, 0.1) is 10.1 Å². The Labute approximate surface area is 239 Å². The zero-order valence-corrected chi connectivity index (χ0v) is 24.3. The van der Waals surface area contributed by atoms with Crippen molar-refractivity contribution in [3.05, 3.63) is 108 Å². The molecular weight excluding hydrogens is 534 g/mol. The number of carbonyl (C=O) groups excluding carboxylic acids is 2. The van der Waals surface area contributed by atoms with Gasteiger partial charge >= 0.3 is 12.1 Å². The Balaban J connectivity index is 2.28. The van der Waals surface area contributed by atoms with Crippen LogP contribution in [-0.4, -0.2) is 50.2 Å². The van der Waals surface area contributed by atoms with Crippen molar-refractivity contribution in [3.63, 3.8) is 0 Å². The molecule has 3 aromatic carbocycles. The molecule has 8 heteroatoms. The molecule has 0 spiro atoms. The lowest BCUT2D eigenvalue weighted by molar-refractivity contribution is -0.155. The van der Waals surface area contributed by atoms with E-state index in [-0.39, 0.29) is 5.75 Å². The van der Waals surface area contributed by atoms with Crippen molar-refractivity contribution in [2.75, 3.05) is 5.75 Å². The zero-order chi connectivity index (χ0) is 28.8. The van der Waals surface area contributed by atoms with Crippen LogP contribution in [-0.2, 0) is 19.1 Å². The van der Waals surface area contributed by atoms with Crippen LogP contribution in [0.3, 0.4) is 0 Å². The number of carbonyl (C=O) groups is 3. The highest BCUT2D eigenvalue weighted by Gasteiger charge is 2.55. The van der Waals surface area contributed by atoms with Gasteiger partial charge in [-0.3, -0.25) is 4.79 Å². The Kier molecular flexibility index (Phi) is 9.51. The molecule has 0 aliphatic heterocycles. The summed E-state index contributed by atoms with van der Waals surface area (Å²) in [5.74, 6) is -2.39. The van der Waals surface area contributed by atoms with Gasteiger partial charge in [0.25, 0.3) is 0 Å². The normalized spacial score (nSPS) is 14.1. The number of carboxylic acid groups (broad SMARTS) is 1. The van der Waals surface area contributed by atoms with E-state index in [0.717, 1.165) is 23.6 Å². The summed E-state index contributed by atoms with van der Waals surface area (Å²) in [4.78, 5) is 40.1. The number of thioether (sulfide) groups is 1. The first-order chi connectivity index (χ1) is 18.4. The Morgan fingerprint density at radius 1 is 0.846 bits per heavy atom. The number of carboxylic acids is 1. The number of nitrogens with zero attached hydrogens (tertiary/aromatic N) is 1. The number of amides is 2. The molecule has 3 rings (SSSR count). The quantitative estimate of drug-likeness (QED) is 0.222. The van der Waals surface area contributed by atoms with Gasteiger partial charge in [0, 0.05) is 12.7 Å². The van der Waals surface area contributed by atoms with Crippen LogP contribution in [0.5, 0.6) is 0 Å². The number of hydrogen-bond acceptors (Lipinski definition) is 5.